The molecule has 112 valence electrons. The van der Waals surface area contributed by atoms with Crippen molar-refractivity contribution in [1.82, 2.24) is 0 Å². The first-order chi connectivity index (χ1) is 9.38. The van der Waals surface area contributed by atoms with E-state index in [4.69, 9.17) is 4.74 Å². The minimum absolute atomic E-state index is 0.0435. The third kappa shape index (κ3) is 5.21. The lowest BCUT2D eigenvalue weighted by Gasteiger charge is -2.12. The van der Waals surface area contributed by atoms with Gasteiger partial charge in [-0.1, -0.05) is 19.1 Å². The highest BCUT2D eigenvalue weighted by Gasteiger charge is 2.21. The number of sulfone groups is 1. The third-order valence-corrected chi connectivity index (χ3v) is 4.94. The molecule has 6 heteroatoms. The van der Waals surface area contributed by atoms with E-state index in [2.05, 4.69) is 0 Å². The number of carbonyl (C=O) groups is 1. The summed E-state index contributed by atoms with van der Waals surface area (Å²) in [4.78, 5) is 11.2. The highest BCUT2D eigenvalue weighted by Crippen LogP contribution is 2.17. The molecule has 0 aromatic heterocycles. The quantitative estimate of drug-likeness (QED) is 0.791. The molecular formula is C14H20O5S. The average molecular weight is 300 g/mol. The Labute approximate surface area is 119 Å². The molecule has 0 bridgehead atoms. The van der Waals surface area contributed by atoms with Crippen molar-refractivity contribution in [2.24, 2.45) is 5.92 Å². The van der Waals surface area contributed by atoms with Gasteiger partial charge in [-0.05, 0) is 30.5 Å². The predicted octanol–water partition coefficient (Wildman–Crippen LogP) is 1.76. The van der Waals surface area contributed by atoms with Gasteiger partial charge in [-0.25, -0.2) is 8.42 Å². The highest BCUT2D eigenvalue weighted by atomic mass is 32.2. The fourth-order valence-corrected chi connectivity index (χ4v) is 2.76. The number of carboxylic acid groups (broad SMARTS) is 1. The van der Waals surface area contributed by atoms with Crippen molar-refractivity contribution in [2.75, 3.05) is 18.6 Å². The number of aliphatic carboxylic acids is 1. The summed E-state index contributed by atoms with van der Waals surface area (Å²) in [6, 6.07) is 7.11. The van der Waals surface area contributed by atoms with Crippen LogP contribution in [-0.2, 0) is 21.1 Å². The Balaban J connectivity index is 2.69. The molecule has 0 aliphatic carbocycles. The zero-order valence-corrected chi connectivity index (χ0v) is 12.5. The molecule has 0 saturated heterocycles. The SMILES string of the molecule is CCS(=O)(=O)CCC(Cc1ccc(OC)cc1)C(=O)O. The Morgan fingerprint density at radius 1 is 1.30 bits per heavy atom. The van der Waals surface area contributed by atoms with Crippen molar-refractivity contribution >= 4 is 15.8 Å². The van der Waals surface area contributed by atoms with Gasteiger partial charge in [0.1, 0.15) is 15.6 Å². The second kappa shape index (κ2) is 7.28. The van der Waals surface area contributed by atoms with Crippen LogP contribution in [0.3, 0.4) is 0 Å². The molecule has 20 heavy (non-hydrogen) atoms. The van der Waals surface area contributed by atoms with Crippen LogP contribution in [0.1, 0.15) is 18.9 Å². The van der Waals surface area contributed by atoms with Gasteiger partial charge in [0.25, 0.3) is 0 Å². The maximum absolute atomic E-state index is 11.5. The summed E-state index contributed by atoms with van der Waals surface area (Å²) < 4.78 is 27.9. The fourth-order valence-electron chi connectivity index (χ4n) is 1.83. The van der Waals surface area contributed by atoms with Crippen LogP contribution in [0.25, 0.3) is 0 Å². The van der Waals surface area contributed by atoms with Crippen molar-refractivity contribution in [1.29, 1.82) is 0 Å². The summed E-state index contributed by atoms with van der Waals surface area (Å²) in [6.07, 6.45) is 0.454. The minimum Gasteiger partial charge on any atom is -0.497 e. The van der Waals surface area contributed by atoms with Crippen LogP contribution >= 0.6 is 0 Å². The molecule has 0 aliphatic heterocycles. The number of hydrogen-bond acceptors (Lipinski definition) is 4. The monoisotopic (exact) mass is 300 g/mol. The van der Waals surface area contributed by atoms with Gasteiger partial charge in [-0.2, -0.15) is 0 Å². The normalized spacial score (nSPS) is 12.9. The van der Waals surface area contributed by atoms with Crippen molar-refractivity contribution < 1.29 is 23.1 Å². The predicted molar refractivity (Wildman–Crippen MR) is 76.8 cm³/mol. The molecule has 0 fully saturated rings. The summed E-state index contributed by atoms with van der Waals surface area (Å²) >= 11 is 0. The van der Waals surface area contributed by atoms with Crippen LogP contribution in [0, 0.1) is 5.92 Å². The topological polar surface area (TPSA) is 80.7 Å². The minimum atomic E-state index is -3.13. The van der Waals surface area contributed by atoms with Crippen LogP contribution in [0.4, 0.5) is 0 Å². The van der Waals surface area contributed by atoms with E-state index in [9.17, 15) is 18.3 Å². The molecule has 1 aromatic rings. The van der Waals surface area contributed by atoms with Crippen molar-refractivity contribution in [3.8, 4) is 5.75 Å². The van der Waals surface area contributed by atoms with E-state index in [-0.39, 0.29) is 17.9 Å². The van der Waals surface area contributed by atoms with Crippen LogP contribution in [0.5, 0.6) is 5.75 Å². The fraction of sp³-hybridized carbons (Fsp3) is 0.500. The largest absolute Gasteiger partial charge is 0.497 e. The van der Waals surface area contributed by atoms with E-state index < -0.39 is 21.7 Å². The number of ether oxygens (including phenoxy) is 1. The molecule has 0 amide bonds. The molecule has 0 heterocycles. The van der Waals surface area contributed by atoms with Crippen LogP contribution in [0.15, 0.2) is 24.3 Å². The molecule has 1 N–H and O–H groups in total. The number of rotatable bonds is 8. The summed E-state index contributed by atoms with van der Waals surface area (Å²) in [5, 5.41) is 9.19. The van der Waals surface area contributed by atoms with E-state index in [0.717, 1.165) is 5.56 Å². The van der Waals surface area contributed by atoms with Crippen molar-refractivity contribution in [2.45, 2.75) is 19.8 Å². The lowest BCUT2D eigenvalue weighted by atomic mass is 9.97. The van der Waals surface area contributed by atoms with Crippen LogP contribution in [0.2, 0.25) is 0 Å². The molecular weight excluding hydrogens is 280 g/mol. The van der Waals surface area contributed by atoms with Gasteiger partial charge in [0.2, 0.25) is 0 Å². The molecule has 1 rings (SSSR count). The molecule has 1 unspecified atom stereocenters. The Morgan fingerprint density at radius 2 is 1.90 bits per heavy atom. The van der Waals surface area contributed by atoms with E-state index >= 15 is 0 Å². The van der Waals surface area contributed by atoms with Crippen molar-refractivity contribution in [3.05, 3.63) is 29.8 Å². The molecule has 1 atom stereocenters. The second-order valence-corrected chi connectivity index (χ2v) is 7.09. The molecule has 5 nitrogen and oxygen atoms in total. The lowest BCUT2D eigenvalue weighted by molar-refractivity contribution is -0.141. The Morgan fingerprint density at radius 3 is 2.35 bits per heavy atom. The average Bonchev–Trinajstić information content (AvgIpc) is 2.43. The molecule has 0 saturated carbocycles. The number of hydrogen-bond donors (Lipinski definition) is 1. The van der Waals surface area contributed by atoms with Gasteiger partial charge in [0.05, 0.1) is 18.8 Å². The second-order valence-electron chi connectivity index (χ2n) is 4.61. The van der Waals surface area contributed by atoms with Gasteiger partial charge < -0.3 is 9.84 Å². The Hall–Kier alpha value is -1.56. The van der Waals surface area contributed by atoms with Gasteiger partial charge >= 0.3 is 5.97 Å². The Bertz CT molecular complexity index is 533. The van der Waals surface area contributed by atoms with E-state index in [1.54, 1.807) is 38.3 Å². The van der Waals surface area contributed by atoms with E-state index in [1.165, 1.54) is 0 Å². The molecule has 0 spiro atoms. The first-order valence-electron chi connectivity index (χ1n) is 6.44. The zero-order valence-electron chi connectivity index (χ0n) is 11.7. The Kier molecular flexibility index (Phi) is 6.01. The van der Waals surface area contributed by atoms with E-state index in [1.807, 2.05) is 0 Å². The number of benzene rings is 1. The highest BCUT2D eigenvalue weighted by molar-refractivity contribution is 7.91. The standard InChI is InChI=1S/C14H20O5S/c1-3-20(17,18)9-8-12(14(15)16)10-11-4-6-13(19-2)7-5-11/h4-7,12H,3,8-10H2,1-2H3,(H,15,16). The first-order valence-corrected chi connectivity index (χ1v) is 8.26. The molecule has 0 aliphatic rings. The molecule has 1 aromatic carbocycles. The van der Waals surface area contributed by atoms with Gasteiger partial charge in [0.15, 0.2) is 0 Å². The number of carboxylic acids is 1. The maximum Gasteiger partial charge on any atom is 0.306 e. The van der Waals surface area contributed by atoms with E-state index in [0.29, 0.717) is 12.2 Å². The van der Waals surface area contributed by atoms with Crippen LogP contribution in [-0.4, -0.2) is 38.1 Å². The third-order valence-electron chi connectivity index (χ3n) is 3.21. The van der Waals surface area contributed by atoms with Gasteiger partial charge in [-0.15, -0.1) is 0 Å². The number of methoxy groups -OCH3 is 1. The molecule has 0 radical (unpaired) electrons. The van der Waals surface area contributed by atoms with Gasteiger partial charge in [0, 0.05) is 5.75 Å². The summed E-state index contributed by atoms with van der Waals surface area (Å²) in [5.41, 5.74) is 0.854. The van der Waals surface area contributed by atoms with Crippen molar-refractivity contribution in [3.63, 3.8) is 0 Å². The summed E-state index contributed by atoms with van der Waals surface area (Å²) in [7, 11) is -1.57. The van der Waals surface area contributed by atoms with Gasteiger partial charge in [-0.3, -0.25) is 4.79 Å². The van der Waals surface area contributed by atoms with Crippen LogP contribution < -0.4 is 4.74 Å². The first kappa shape index (κ1) is 16.5. The summed E-state index contributed by atoms with van der Waals surface area (Å²) in [5.74, 6) is -0.996. The zero-order chi connectivity index (χ0) is 15.2. The summed E-state index contributed by atoms with van der Waals surface area (Å²) in [6.45, 7) is 1.56. The maximum atomic E-state index is 11.5. The smallest absolute Gasteiger partial charge is 0.306 e. The lowest BCUT2D eigenvalue weighted by Crippen LogP contribution is -2.21.